The zero-order valence-corrected chi connectivity index (χ0v) is 13.9. The van der Waals surface area contributed by atoms with E-state index in [4.69, 9.17) is 4.74 Å². The van der Waals surface area contributed by atoms with Gasteiger partial charge in [0.2, 0.25) is 5.91 Å². The van der Waals surface area contributed by atoms with Gasteiger partial charge in [-0.05, 0) is 36.8 Å². The minimum atomic E-state index is -0.253. The van der Waals surface area contributed by atoms with E-state index < -0.39 is 0 Å². The van der Waals surface area contributed by atoms with Crippen molar-refractivity contribution in [3.05, 3.63) is 46.8 Å². The Balaban J connectivity index is 1.51. The highest BCUT2D eigenvalue weighted by molar-refractivity contribution is 7.14. The van der Waals surface area contributed by atoms with Crippen LogP contribution in [0.5, 0.6) is 5.75 Å². The van der Waals surface area contributed by atoms with Crippen molar-refractivity contribution in [2.75, 3.05) is 11.9 Å². The Hall–Kier alpha value is -2.34. The third-order valence-corrected chi connectivity index (χ3v) is 5.16. The Morgan fingerprint density at radius 2 is 1.96 bits per heavy atom. The fourth-order valence-corrected chi connectivity index (χ4v) is 3.68. The smallest absolute Gasteiger partial charge is 0.254 e. The number of ether oxygens (including phenoxy) is 1. The van der Waals surface area contributed by atoms with Crippen LogP contribution in [0.25, 0.3) is 0 Å². The summed E-state index contributed by atoms with van der Waals surface area (Å²) in [5, 5.41) is 8.34. The molecule has 1 atom stereocenters. The third kappa shape index (κ3) is 3.01. The fourth-order valence-electron chi connectivity index (χ4n) is 2.89. The number of thiophene rings is 1. The summed E-state index contributed by atoms with van der Waals surface area (Å²) < 4.78 is 5.61. The summed E-state index contributed by atoms with van der Waals surface area (Å²) in [6.07, 6.45) is 2.71. The largest absolute Gasteiger partial charge is 0.493 e. The molecule has 2 amide bonds. The number of carbonyl (C=O) groups excluding carboxylic acids is 2. The Morgan fingerprint density at radius 1 is 1.12 bits per heavy atom. The minimum absolute atomic E-state index is 0.0892. The van der Waals surface area contributed by atoms with Gasteiger partial charge >= 0.3 is 0 Å². The van der Waals surface area contributed by atoms with Gasteiger partial charge in [-0.15, -0.1) is 11.3 Å². The van der Waals surface area contributed by atoms with Gasteiger partial charge in [0, 0.05) is 11.6 Å². The normalized spacial score (nSPS) is 19.1. The lowest BCUT2D eigenvalue weighted by atomic mass is 9.92. The van der Waals surface area contributed by atoms with Crippen molar-refractivity contribution in [1.29, 1.82) is 0 Å². The maximum atomic E-state index is 12.7. The number of hydrogen-bond donors (Lipinski definition) is 2. The minimum Gasteiger partial charge on any atom is -0.493 e. The SMILES string of the molecule is O=C(NC1CC1)c1ccsc1NC(=O)[C@H]1CCOc2ccccc21. The van der Waals surface area contributed by atoms with Crippen LogP contribution in [-0.2, 0) is 4.79 Å². The Labute approximate surface area is 144 Å². The maximum Gasteiger partial charge on any atom is 0.254 e. The van der Waals surface area contributed by atoms with Crippen LogP contribution in [0.3, 0.4) is 0 Å². The molecule has 0 spiro atoms. The Bertz CT molecular complexity index is 782. The molecule has 1 fully saturated rings. The molecule has 0 unspecified atom stereocenters. The van der Waals surface area contributed by atoms with E-state index in [0.29, 0.717) is 29.6 Å². The summed E-state index contributed by atoms with van der Waals surface area (Å²) in [7, 11) is 0. The standard InChI is InChI=1S/C18H18N2O3S/c21-16(13-7-9-23-15-4-2-1-3-12(13)15)20-18-14(8-10-24-18)17(22)19-11-5-6-11/h1-4,8,10-11,13H,5-7,9H2,(H,19,22)(H,20,21)/t13-/m0/s1. The van der Waals surface area contributed by atoms with E-state index in [-0.39, 0.29) is 17.7 Å². The summed E-state index contributed by atoms with van der Waals surface area (Å²) in [4.78, 5) is 25.0. The molecular weight excluding hydrogens is 324 g/mol. The van der Waals surface area contributed by atoms with Crippen LogP contribution in [-0.4, -0.2) is 24.5 Å². The topological polar surface area (TPSA) is 67.4 Å². The van der Waals surface area contributed by atoms with E-state index in [9.17, 15) is 9.59 Å². The molecule has 4 rings (SSSR count). The van der Waals surface area contributed by atoms with Crippen molar-refractivity contribution >= 4 is 28.2 Å². The number of amides is 2. The first-order chi connectivity index (χ1) is 11.7. The Morgan fingerprint density at radius 3 is 2.79 bits per heavy atom. The molecule has 1 aliphatic carbocycles. The van der Waals surface area contributed by atoms with Crippen LogP contribution in [0.1, 0.15) is 41.1 Å². The molecule has 1 aliphatic heterocycles. The van der Waals surface area contributed by atoms with Crippen molar-refractivity contribution in [2.45, 2.75) is 31.2 Å². The van der Waals surface area contributed by atoms with E-state index in [0.717, 1.165) is 24.2 Å². The highest BCUT2D eigenvalue weighted by Crippen LogP contribution is 2.35. The molecule has 2 aromatic rings. The van der Waals surface area contributed by atoms with E-state index >= 15 is 0 Å². The molecule has 2 heterocycles. The zero-order valence-electron chi connectivity index (χ0n) is 13.1. The highest BCUT2D eigenvalue weighted by Gasteiger charge is 2.29. The first-order valence-electron chi connectivity index (χ1n) is 8.13. The van der Waals surface area contributed by atoms with Gasteiger partial charge in [0.1, 0.15) is 10.8 Å². The van der Waals surface area contributed by atoms with Crippen molar-refractivity contribution in [3.63, 3.8) is 0 Å². The fraction of sp³-hybridized carbons (Fsp3) is 0.333. The highest BCUT2D eigenvalue weighted by atomic mass is 32.1. The molecule has 1 aromatic carbocycles. The average molecular weight is 342 g/mol. The summed E-state index contributed by atoms with van der Waals surface area (Å²) in [5.74, 6) is 0.313. The number of carbonyl (C=O) groups is 2. The van der Waals surface area contributed by atoms with Crippen molar-refractivity contribution < 1.29 is 14.3 Å². The summed E-state index contributed by atoms with van der Waals surface area (Å²) in [6, 6.07) is 9.67. The molecule has 0 saturated heterocycles. The molecule has 0 bridgehead atoms. The third-order valence-electron chi connectivity index (χ3n) is 4.33. The first kappa shape index (κ1) is 15.2. The lowest BCUT2D eigenvalue weighted by Gasteiger charge is -2.25. The second-order valence-corrected chi connectivity index (χ2v) is 7.04. The summed E-state index contributed by atoms with van der Waals surface area (Å²) >= 11 is 1.37. The van der Waals surface area contributed by atoms with Gasteiger partial charge in [-0.1, -0.05) is 18.2 Å². The number of benzene rings is 1. The molecule has 2 N–H and O–H groups in total. The van der Waals surface area contributed by atoms with Gasteiger partial charge in [0.25, 0.3) is 5.91 Å². The number of rotatable bonds is 4. The van der Waals surface area contributed by atoms with Gasteiger partial charge in [-0.2, -0.15) is 0 Å². The maximum absolute atomic E-state index is 12.7. The van der Waals surface area contributed by atoms with Crippen LogP contribution in [0.15, 0.2) is 35.7 Å². The lowest BCUT2D eigenvalue weighted by Crippen LogP contribution is -2.28. The molecule has 124 valence electrons. The quantitative estimate of drug-likeness (QED) is 0.897. The van der Waals surface area contributed by atoms with E-state index in [1.165, 1.54) is 11.3 Å². The summed E-state index contributed by atoms with van der Waals surface area (Å²) in [5.41, 5.74) is 1.45. The van der Waals surface area contributed by atoms with Crippen LogP contribution >= 0.6 is 11.3 Å². The van der Waals surface area contributed by atoms with Crippen LogP contribution in [0.4, 0.5) is 5.00 Å². The number of nitrogens with one attached hydrogen (secondary N) is 2. The predicted molar refractivity (Wildman–Crippen MR) is 92.7 cm³/mol. The molecule has 6 heteroatoms. The van der Waals surface area contributed by atoms with Gasteiger partial charge in [-0.3, -0.25) is 9.59 Å². The number of hydrogen-bond acceptors (Lipinski definition) is 4. The molecule has 5 nitrogen and oxygen atoms in total. The lowest BCUT2D eigenvalue weighted by molar-refractivity contribution is -0.118. The second-order valence-electron chi connectivity index (χ2n) is 6.13. The molecule has 24 heavy (non-hydrogen) atoms. The summed E-state index contributed by atoms with van der Waals surface area (Å²) in [6.45, 7) is 0.522. The molecule has 2 aliphatic rings. The molecule has 1 saturated carbocycles. The van der Waals surface area contributed by atoms with Crippen LogP contribution in [0.2, 0.25) is 0 Å². The Kier molecular flexibility index (Phi) is 3.98. The zero-order chi connectivity index (χ0) is 16.5. The number of anilines is 1. The van der Waals surface area contributed by atoms with Gasteiger partial charge in [-0.25, -0.2) is 0 Å². The van der Waals surface area contributed by atoms with Gasteiger partial charge < -0.3 is 15.4 Å². The first-order valence-corrected chi connectivity index (χ1v) is 9.01. The average Bonchev–Trinajstić information content (AvgIpc) is 3.29. The molecular formula is C18H18N2O3S. The molecule has 0 radical (unpaired) electrons. The van der Waals surface area contributed by atoms with E-state index in [1.807, 2.05) is 29.6 Å². The number of fused-ring (bicyclic) bond motifs is 1. The van der Waals surface area contributed by atoms with Gasteiger partial charge in [0.05, 0.1) is 18.1 Å². The second kappa shape index (κ2) is 6.28. The van der Waals surface area contributed by atoms with Crippen molar-refractivity contribution in [1.82, 2.24) is 5.32 Å². The van der Waals surface area contributed by atoms with Crippen molar-refractivity contribution in [2.24, 2.45) is 0 Å². The van der Waals surface area contributed by atoms with Crippen molar-refractivity contribution in [3.8, 4) is 5.75 Å². The van der Waals surface area contributed by atoms with Crippen LogP contribution < -0.4 is 15.4 Å². The van der Waals surface area contributed by atoms with E-state index in [1.54, 1.807) is 6.07 Å². The van der Waals surface area contributed by atoms with Gasteiger partial charge in [0.15, 0.2) is 0 Å². The molecule has 1 aromatic heterocycles. The van der Waals surface area contributed by atoms with Crippen LogP contribution in [0, 0.1) is 0 Å². The number of para-hydroxylation sites is 1. The van der Waals surface area contributed by atoms with E-state index in [2.05, 4.69) is 10.6 Å². The monoisotopic (exact) mass is 342 g/mol. The predicted octanol–water partition coefficient (Wildman–Crippen LogP) is 3.15.